The van der Waals surface area contributed by atoms with Crippen LogP contribution >= 0.6 is 0 Å². The molecule has 0 aromatic heterocycles. The molecule has 0 bridgehead atoms. The first-order valence-corrected chi connectivity index (χ1v) is 4.50. The molecule has 0 aliphatic heterocycles. The minimum absolute atomic E-state index is 0.706. The van der Waals surface area contributed by atoms with Gasteiger partial charge in [-0.2, -0.15) is 0 Å². The van der Waals surface area contributed by atoms with Crippen LogP contribution in [-0.2, 0) is 4.79 Å². The molecule has 0 unspecified atom stereocenters. The molecule has 11 heavy (non-hydrogen) atoms. The van der Waals surface area contributed by atoms with Gasteiger partial charge in [0.05, 0.1) is 0 Å². The highest BCUT2D eigenvalue weighted by Gasteiger charge is 1.81. The lowest BCUT2D eigenvalue weighted by molar-refractivity contribution is -0.107. The molecule has 0 spiro atoms. The fourth-order valence-electron chi connectivity index (χ4n) is 0.877. The summed E-state index contributed by atoms with van der Waals surface area (Å²) in [7, 11) is 0. The number of hydrogen-bond donors (Lipinski definition) is 0. The highest BCUT2D eigenvalue weighted by molar-refractivity contribution is 5.48. The number of hydrogen-bond acceptors (Lipinski definition) is 1. The van der Waals surface area contributed by atoms with E-state index in [0.717, 1.165) is 19.1 Å². The number of carbonyl (C=O) groups excluding carboxylic acids is 1. The molecule has 0 atom stereocenters. The van der Waals surface area contributed by atoms with Crippen LogP contribution in [0.3, 0.4) is 0 Å². The molecule has 0 fully saturated rings. The van der Waals surface area contributed by atoms with Crippen LogP contribution in [0.1, 0.15) is 45.4 Å². The van der Waals surface area contributed by atoms with Crippen LogP contribution in [0, 0.1) is 0 Å². The molecule has 0 aliphatic rings. The summed E-state index contributed by atoms with van der Waals surface area (Å²) in [4.78, 5) is 9.92. The Balaban J connectivity index is 2.97. The first kappa shape index (κ1) is 10.4. The number of aldehydes is 1. The van der Waals surface area contributed by atoms with Gasteiger partial charge in [0.25, 0.3) is 0 Å². The van der Waals surface area contributed by atoms with Crippen molar-refractivity contribution in [1.82, 2.24) is 0 Å². The second kappa shape index (κ2) is 9.41. The quantitative estimate of drug-likeness (QED) is 0.313. The predicted octanol–water partition coefficient (Wildman–Crippen LogP) is 3.10. The minimum Gasteiger partial charge on any atom is -0.303 e. The maximum absolute atomic E-state index is 9.92. The lowest BCUT2D eigenvalue weighted by atomic mass is 10.2. The third kappa shape index (κ3) is 9.41. The monoisotopic (exact) mass is 154 g/mol. The Bertz CT molecular complexity index is 105. The summed E-state index contributed by atoms with van der Waals surface area (Å²) in [5.74, 6) is 0. The predicted molar refractivity (Wildman–Crippen MR) is 48.6 cm³/mol. The summed E-state index contributed by atoms with van der Waals surface area (Å²) in [5.41, 5.74) is 0. The fourth-order valence-corrected chi connectivity index (χ4v) is 0.877. The van der Waals surface area contributed by atoms with Gasteiger partial charge in [-0.25, -0.2) is 0 Å². The minimum atomic E-state index is 0.706. The van der Waals surface area contributed by atoms with E-state index in [0.29, 0.717) is 6.42 Å². The summed E-state index contributed by atoms with van der Waals surface area (Å²) in [6.45, 7) is 2.19. The van der Waals surface area contributed by atoms with Crippen LogP contribution in [0.5, 0.6) is 0 Å². The van der Waals surface area contributed by atoms with Crippen LogP contribution < -0.4 is 0 Å². The van der Waals surface area contributed by atoms with Crippen molar-refractivity contribution < 1.29 is 4.79 Å². The van der Waals surface area contributed by atoms with Gasteiger partial charge in [-0.3, -0.25) is 0 Å². The zero-order valence-corrected chi connectivity index (χ0v) is 7.38. The van der Waals surface area contributed by atoms with E-state index in [9.17, 15) is 4.79 Å². The van der Waals surface area contributed by atoms with Gasteiger partial charge in [-0.15, -0.1) is 0 Å². The molecular weight excluding hydrogens is 136 g/mol. The van der Waals surface area contributed by atoms with Gasteiger partial charge >= 0.3 is 0 Å². The maximum atomic E-state index is 9.92. The molecule has 1 heteroatoms. The number of allylic oxidation sites excluding steroid dienone is 2. The molecule has 64 valence electrons. The number of unbranched alkanes of at least 4 members (excludes halogenated alkanes) is 4. The Morgan fingerprint density at radius 1 is 1.00 bits per heavy atom. The number of rotatable bonds is 7. The zero-order chi connectivity index (χ0) is 8.36. The average molecular weight is 154 g/mol. The maximum Gasteiger partial charge on any atom is 0.120 e. The molecule has 0 heterocycles. The summed E-state index contributed by atoms with van der Waals surface area (Å²) >= 11 is 0. The third-order valence-electron chi connectivity index (χ3n) is 1.58. The van der Waals surface area contributed by atoms with Crippen LogP contribution in [-0.4, -0.2) is 6.29 Å². The first-order valence-electron chi connectivity index (χ1n) is 4.50. The second-order valence-corrected chi connectivity index (χ2v) is 2.71. The second-order valence-electron chi connectivity index (χ2n) is 2.71. The van der Waals surface area contributed by atoms with Gasteiger partial charge in [0, 0.05) is 6.42 Å². The Labute approximate surface area is 69.5 Å². The first-order chi connectivity index (χ1) is 5.41. The topological polar surface area (TPSA) is 17.1 Å². The van der Waals surface area contributed by atoms with E-state index in [1.54, 1.807) is 0 Å². The smallest absolute Gasteiger partial charge is 0.120 e. The van der Waals surface area contributed by atoms with Crippen LogP contribution in [0.2, 0.25) is 0 Å². The van der Waals surface area contributed by atoms with Crippen molar-refractivity contribution in [2.75, 3.05) is 0 Å². The van der Waals surface area contributed by atoms with Crippen LogP contribution in [0.25, 0.3) is 0 Å². The number of carbonyl (C=O) groups is 1. The molecular formula is C10H18O. The van der Waals surface area contributed by atoms with Gasteiger partial charge in [0.1, 0.15) is 6.29 Å². The molecule has 1 nitrogen and oxygen atoms in total. The SMILES string of the molecule is CCCC/C=C\CCCC=O. The van der Waals surface area contributed by atoms with Gasteiger partial charge in [-0.1, -0.05) is 31.9 Å². The summed E-state index contributed by atoms with van der Waals surface area (Å²) in [6.07, 6.45) is 11.9. The van der Waals surface area contributed by atoms with Crippen molar-refractivity contribution >= 4 is 6.29 Å². The molecule has 0 N–H and O–H groups in total. The highest BCUT2D eigenvalue weighted by atomic mass is 16.1. The lowest BCUT2D eigenvalue weighted by Crippen LogP contribution is -1.74. The van der Waals surface area contributed by atoms with Gasteiger partial charge in [-0.05, 0) is 19.3 Å². The van der Waals surface area contributed by atoms with E-state index in [-0.39, 0.29) is 0 Å². The molecule has 0 rings (SSSR count). The van der Waals surface area contributed by atoms with Crippen molar-refractivity contribution in [1.29, 1.82) is 0 Å². The van der Waals surface area contributed by atoms with E-state index >= 15 is 0 Å². The summed E-state index contributed by atoms with van der Waals surface area (Å²) in [6, 6.07) is 0. The normalized spacial score (nSPS) is 10.6. The van der Waals surface area contributed by atoms with Crippen LogP contribution in [0.15, 0.2) is 12.2 Å². The van der Waals surface area contributed by atoms with E-state index in [1.807, 2.05) is 0 Å². The van der Waals surface area contributed by atoms with Crippen molar-refractivity contribution in [2.24, 2.45) is 0 Å². The molecule has 0 aromatic rings. The molecule has 0 radical (unpaired) electrons. The Hall–Kier alpha value is -0.590. The van der Waals surface area contributed by atoms with Crippen molar-refractivity contribution in [3.05, 3.63) is 12.2 Å². The summed E-state index contributed by atoms with van der Waals surface area (Å²) < 4.78 is 0. The van der Waals surface area contributed by atoms with Crippen LogP contribution in [0.4, 0.5) is 0 Å². The summed E-state index contributed by atoms with van der Waals surface area (Å²) in [5, 5.41) is 0. The van der Waals surface area contributed by atoms with E-state index < -0.39 is 0 Å². The Morgan fingerprint density at radius 2 is 1.64 bits per heavy atom. The Kier molecular flexibility index (Phi) is 8.91. The lowest BCUT2D eigenvalue weighted by Gasteiger charge is -1.89. The van der Waals surface area contributed by atoms with Gasteiger partial charge < -0.3 is 4.79 Å². The standard InChI is InChI=1S/C10H18O/c1-2-3-4-5-6-7-8-9-10-11/h5-6,10H,2-4,7-9H2,1H3/b6-5-. The van der Waals surface area contributed by atoms with Crippen molar-refractivity contribution in [3.63, 3.8) is 0 Å². The van der Waals surface area contributed by atoms with E-state index in [4.69, 9.17) is 0 Å². The molecule has 0 saturated heterocycles. The van der Waals surface area contributed by atoms with Crippen molar-refractivity contribution in [3.8, 4) is 0 Å². The van der Waals surface area contributed by atoms with Gasteiger partial charge in [0.15, 0.2) is 0 Å². The molecule has 0 amide bonds. The van der Waals surface area contributed by atoms with Crippen molar-refractivity contribution in [2.45, 2.75) is 45.4 Å². The largest absolute Gasteiger partial charge is 0.303 e. The average Bonchev–Trinajstić information content (AvgIpc) is 2.03. The van der Waals surface area contributed by atoms with Gasteiger partial charge in [0.2, 0.25) is 0 Å². The zero-order valence-electron chi connectivity index (χ0n) is 7.38. The highest BCUT2D eigenvalue weighted by Crippen LogP contribution is 1.98. The van der Waals surface area contributed by atoms with E-state index in [1.165, 1.54) is 19.3 Å². The third-order valence-corrected chi connectivity index (χ3v) is 1.58. The molecule has 0 saturated carbocycles. The van der Waals surface area contributed by atoms with E-state index in [2.05, 4.69) is 19.1 Å². The molecule has 0 aromatic carbocycles. The fraction of sp³-hybridized carbons (Fsp3) is 0.700. The Morgan fingerprint density at radius 3 is 2.18 bits per heavy atom. The molecule has 0 aliphatic carbocycles.